The molecule has 0 spiro atoms. The fourth-order valence-electron chi connectivity index (χ4n) is 4.30. The first kappa shape index (κ1) is 23.9. The zero-order valence-corrected chi connectivity index (χ0v) is 20.0. The van der Waals surface area contributed by atoms with Crippen molar-refractivity contribution in [1.29, 1.82) is 0 Å². The topological polar surface area (TPSA) is 51.2 Å². The van der Waals surface area contributed by atoms with E-state index in [4.69, 9.17) is 14.2 Å². The average Bonchev–Trinajstić information content (AvgIpc) is 2.80. The van der Waals surface area contributed by atoms with Crippen LogP contribution in [0.4, 0.5) is 5.69 Å². The predicted octanol–water partition coefficient (Wildman–Crippen LogP) is 4.76. The fraction of sp³-hybridized carbons (Fsp3) is 0.500. The second kappa shape index (κ2) is 11.2. The summed E-state index contributed by atoms with van der Waals surface area (Å²) < 4.78 is 16.1. The Balaban J connectivity index is 1.70. The van der Waals surface area contributed by atoms with E-state index < -0.39 is 0 Å². The van der Waals surface area contributed by atoms with Crippen molar-refractivity contribution in [2.75, 3.05) is 39.3 Å². The van der Waals surface area contributed by atoms with Crippen molar-refractivity contribution >= 4 is 11.6 Å². The molecular weight excluding hydrogens is 404 g/mol. The maximum Gasteiger partial charge on any atom is 0.227 e. The Morgan fingerprint density at radius 2 is 1.50 bits per heavy atom. The third-order valence-corrected chi connectivity index (χ3v) is 5.94. The number of likely N-dealkylation sites (tertiary alicyclic amines) is 1. The summed E-state index contributed by atoms with van der Waals surface area (Å²) >= 11 is 0. The highest BCUT2D eigenvalue weighted by molar-refractivity contribution is 5.94. The van der Waals surface area contributed by atoms with Gasteiger partial charge in [-0.3, -0.25) is 9.69 Å². The largest absolute Gasteiger partial charge is 0.497 e. The SMILES string of the molecule is COc1ccc(N(C(=O)CC(C)C)C2CCN(Cc3cc(OC)cc(OC)c3)CC2)cc1. The van der Waals surface area contributed by atoms with Crippen LogP contribution < -0.4 is 19.1 Å². The molecule has 0 bridgehead atoms. The molecule has 1 amide bonds. The lowest BCUT2D eigenvalue weighted by atomic mass is 9.99. The van der Waals surface area contributed by atoms with Crippen molar-refractivity contribution in [2.45, 2.75) is 45.7 Å². The van der Waals surface area contributed by atoms with E-state index in [9.17, 15) is 4.79 Å². The summed E-state index contributed by atoms with van der Waals surface area (Å²) in [6.07, 6.45) is 2.43. The van der Waals surface area contributed by atoms with Crippen LogP contribution in [0.5, 0.6) is 17.2 Å². The van der Waals surface area contributed by atoms with Crippen molar-refractivity contribution in [3.63, 3.8) is 0 Å². The van der Waals surface area contributed by atoms with E-state index in [1.807, 2.05) is 35.2 Å². The zero-order valence-electron chi connectivity index (χ0n) is 20.0. The maximum atomic E-state index is 13.2. The molecule has 6 heteroatoms. The highest BCUT2D eigenvalue weighted by atomic mass is 16.5. The Bertz CT molecular complexity index is 852. The van der Waals surface area contributed by atoms with Gasteiger partial charge in [-0.25, -0.2) is 0 Å². The smallest absolute Gasteiger partial charge is 0.227 e. The molecule has 1 heterocycles. The number of amides is 1. The molecule has 2 aromatic rings. The van der Waals surface area contributed by atoms with Crippen molar-refractivity contribution in [2.24, 2.45) is 5.92 Å². The van der Waals surface area contributed by atoms with Crippen LogP contribution in [-0.2, 0) is 11.3 Å². The number of rotatable bonds is 9. The second-order valence-corrected chi connectivity index (χ2v) is 8.79. The van der Waals surface area contributed by atoms with Crippen LogP contribution in [0.15, 0.2) is 42.5 Å². The van der Waals surface area contributed by atoms with E-state index in [-0.39, 0.29) is 11.9 Å². The van der Waals surface area contributed by atoms with E-state index >= 15 is 0 Å². The number of carbonyl (C=O) groups excluding carboxylic acids is 1. The molecule has 174 valence electrons. The fourth-order valence-corrected chi connectivity index (χ4v) is 4.30. The first-order valence-electron chi connectivity index (χ1n) is 11.3. The van der Waals surface area contributed by atoms with Crippen molar-refractivity contribution in [1.82, 2.24) is 4.90 Å². The summed E-state index contributed by atoms with van der Waals surface area (Å²) in [5.41, 5.74) is 2.12. The number of hydrogen-bond donors (Lipinski definition) is 0. The van der Waals surface area contributed by atoms with Gasteiger partial charge in [-0.05, 0) is 60.7 Å². The second-order valence-electron chi connectivity index (χ2n) is 8.79. The number of ether oxygens (including phenoxy) is 3. The molecule has 1 aliphatic heterocycles. The number of methoxy groups -OCH3 is 3. The van der Waals surface area contributed by atoms with Gasteiger partial charge in [0.05, 0.1) is 21.3 Å². The van der Waals surface area contributed by atoms with Gasteiger partial charge in [-0.2, -0.15) is 0 Å². The summed E-state index contributed by atoms with van der Waals surface area (Å²) in [5, 5.41) is 0. The molecule has 0 atom stereocenters. The first-order valence-corrected chi connectivity index (χ1v) is 11.3. The van der Waals surface area contributed by atoms with Crippen LogP contribution >= 0.6 is 0 Å². The Labute approximate surface area is 192 Å². The van der Waals surface area contributed by atoms with E-state index in [1.54, 1.807) is 21.3 Å². The Kier molecular flexibility index (Phi) is 8.39. The average molecular weight is 441 g/mol. The molecular formula is C26H36N2O4. The molecule has 32 heavy (non-hydrogen) atoms. The molecule has 3 rings (SSSR count). The summed E-state index contributed by atoms with van der Waals surface area (Å²) in [7, 11) is 5.00. The predicted molar refractivity (Wildman–Crippen MR) is 128 cm³/mol. The Morgan fingerprint density at radius 1 is 0.938 bits per heavy atom. The van der Waals surface area contributed by atoms with Crippen LogP contribution in [0.3, 0.4) is 0 Å². The lowest BCUT2D eigenvalue weighted by Gasteiger charge is -2.39. The maximum absolute atomic E-state index is 13.2. The third kappa shape index (κ3) is 6.16. The highest BCUT2D eigenvalue weighted by Gasteiger charge is 2.29. The van der Waals surface area contributed by atoms with Crippen LogP contribution in [0.1, 0.15) is 38.7 Å². The zero-order chi connectivity index (χ0) is 23.1. The lowest BCUT2D eigenvalue weighted by Crippen LogP contribution is -2.47. The number of piperidine rings is 1. The molecule has 1 saturated heterocycles. The molecule has 0 aromatic heterocycles. The number of carbonyl (C=O) groups is 1. The van der Waals surface area contributed by atoms with Crippen molar-refractivity contribution < 1.29 is 19.0 Å². The van der Waals surface area contributed by atoms with Gasteiger partial charge in [-0.1, -0.05) is 13.8 Å². The first-order chi connectivity index (χ1) is 15.4. The van der Waals surface area contributed by atoms with Gasteiger partial charge in [0.2, 0.25) is 5.91 Å². The minimum atomic E-state index is 0.196. The van der Waals surface area contributed by atoms with Crippen LogP contribution in [0, 0.1) is 5.92 Å². The van der Waals surface area contributed by atoms with Gasteiger partial charge < -0.3 is 19.1 Å². The molecule has 1 fully saturated rings. The monoisotopic (exact) mass is 440 g/mol. The summed E-state index contributed by atoms with van der Waals surface area (Å²) in [6, 6.07) is 14.0. The van der Waals surface area contributed by atoms with E-state index in [0.717, 1.165) is 55.4 Å². The molecule has 0 unspecified atom stereocenters. The number of nitrogens with zero attached hydrogens (tertiary/aromatic N) is 2. The highest BCUT2D eigenvalue weighted by Crippen LogP contribution is 2.29. The normalized spacial score (nSPS) is 14.9. The Morgan fingerprint density at radius 3 is 2.00 bits per heavy atom. The van der Waals surface area contributed by atoms with E-state index in [0.29, 0.717) is 12.3 Å². The van der Waals surface area contributed by atoms with Crippen LogP contribution in [-0.4, -0.2) is 51.3 Å². The van der Waals surface area contributed by atoms with Gasteiger partial charge in [-0.15, -0.1) is 0 Å². The molecule has 6 nitrogen and oxygen atoms in total. The van der Waals surface area contributed by atoms with Gasteiger partial charge >= 0.3 is 0 Å². The summed E-state index contributed by atoms with van der Waals surface area (Å²) in [4.78, 5) is 17.6. The van der Waals surface area contributed by atoms with Crippen LogP contribution in [0.25, 0.3) is 0 Å². The quantitative estimate of drug-likeness (QED) is 0.563. The van der Waals surface area contributed by atoms with E-state index in [1.165, 1.54) is 5.56 Å². The number of anilines is 1. The summed E-state index contributed by atoms with van der Waals surface area (Å²) in [6.45, 7) is 6.89. The molecule has 0 saturated carbocycles. The number of benzene rings is 2. The van der Waals surface area contributed by atoms with Crippen LogP contribution in [0.2, 0.25) is 0 Å². The molecule has 0 aliphatic carbocycles. The van der Waals surface area contributed by atoms with Gasteiger partial charge in [0.1, 0.15) is 17.2 Å². The molecule has 0 radical (unpaired) electrons. The molecule has 0 N–H and O–H groups in total. The van der Waals surface area contributed by atoms with Gasteiger partial charge in [0.25, 0.3) is 0 Å². The van der Waals surface area contributed by atoms with E-state index in [2.05, 4.69) is 30.9 Å². The molecule has 1 aliphatic rings. The van der Waals surface area contributed by atoms with Crippen molar-refractivity contribution in [3.8, 4) is 17.2 Å². The standard InChI is InChI=1S/C26H36N2O4/c1-19(2)14-26(29)28(21-6-8-23(30-3)9-7-21)22-10-12-27(13-11-22)18-20-15-24(31-4)17-25(16-20)32-5/h6-9,15-17,19,22H,10-14,18H2,1-5H3. The van der Waals surface area contributed by atoms with Gasteiger partial charge in [0, 0.05) is 43.9 Å². The molecule has 2 aromatic carbocycles. The Hall–Kier alpha value is -2.73. The van der Waals surface area contributed by atoms with Gasteiger partial charge in [0.15, 0.2) is 0 Å². The minimum Gasteiger partial charge on any atom is -0.497 e. The minimum absolute atomic E-state index is 0.196. The van der Waals surface area contributed by atoms with Crippen molar-refractivity contribution in [3.05, 3.63) is 48.0 Å². The third-order valence-electron chi connectivity index (χ3n) is 5.94. The lowest BCUT2D eigenvalue weighted by molar-refractivity contribution is -0.120. The summed E-state index contributed by atoms with van der Waals surface area (Å²) in [5.74, 6) is 2.93. The number of hydrogen-bond acceptors (Lipinski definition) is 5.